The lowest BCUT2D eigenvalue weighted by molar-refractivity contribution is -0.231. The summed E-state index contributed by atoms with van der Waals surface area (Å²) in [5.74, 6) is 0. The Balaban J connectivity index is 4.19. The van der Waals surface area contributed by atoms with Crippen LogP contribution >= 0.6 is 0 Å². The van der Waals surface area contributed by atoms with Crippen LogP contribution in [0.25, 0.3) is 0 Å². The van der Waals surface area contributed by atoms with Gasteiger partial charge < -0.3 is 9.05 Å². The molecular formula is C15H39N3O6Si2. The van der Waals surface area contributed by atoms with E-state index in [1.807, 2.05) is 0 Å². The second kappa shape index (κ2) is 10.6. The topological polar surface area (TPSA) is 102 Å². The van der Waals surface area contributed by atoms with Gasteiger partial charge in [0.2, 0.25) is 16.6 Å². The summed E-state index contributed by atoms with van der Waals surface area (Å²) in [5.41, 5.74) is 6.71. The fraction of sp³-hybridized carbons (Fsp3) is 1.00. The third-order valence-corrected chi connectivity index (χ3v) is 13.5. The molecule has 9 nitrogen and oxygen atoms in total. The highest BCUT2D eigenvalue weighted by molar-refractivity contribution is 6.74. The predicted octanol–water partition coefficient (Wildman–Crippen LogP) is 3.18. The summed E-state index contributed by atoms with van der Waals surface area (Å²) in [6.45, 7) is 21.3. The second-order valence-electron chi connectivity index (χ2n) is 9.34. The van der Waals surface area contributed by atoms with Crippen LogP contribution in [0.15, 0.2) is 0 Å². The lowest BCUT2D eigenvalue weighted by atomic mass is 10.2. The smallest absolute Gasteiger partial charge is 0.223 e. The molecule has 0 aliphatic carbocycles. The molecular weight excluding hydrogens is 374 g/mol. The molecule has 0 aromatic rings. The fourth-order valence-corrected chi connectivity index (χ4v) is 2.16. The predicted molar refractivity (Wildman–Crippen MR) is 105 cm³/mol. The van der Waals surface area contributed by atoms with E-state index >= 15 is 0 Å². The third-order valence-electron chi connectivity index (χ3n) is 5.08. The average Bonchev–Trinajstić information content (AvgIpc) is 2.45. The molecule has 0 spiro atoms. The lowest BCUT2D eigenvalue weighted by Gasteiger charge is -2.35. The molecule has 4 N–H and O–H groups in total. The third kappa shape index (κ3) is 9.32. The highest BCUT2D eigenvalue weighted by Crippen LogP contribution is 2.36. The van der Waals surface area contributed by atoms with Gasteiger partial charge in [0.25, 0.3) is 0 Å². The summed E-state index contributed by atoms with van der Waals surface area (Å²) in [5, 5.41) is 8.86. The Morgan fingerprint density at radius 3 is 1.38 bits per heavy atom. The molecule has 0 aliphatic heterocycles. The molecule has 0 saturated carbocycles. The molecule has 0 atom stereocenters. The fourth-order valence-electron chi connectivity index (χ4n) is 1.02. The highest BCUT2D eigenvalue weighted by atomic mass is 28.4. The highest BCUT2D eigenvalue weighted by Gasteiger charge is 2.39. The van der Waals surface area contributed by atoms with Crippen molar-refractivity contribution in [2.75, 3.05) is 13.2 Å². The van der Waals surface area contributed by atoms with E-state index in [0.29, 0.717) is 0 Å². The van der Waals surface area contributed by atoms with Gasteiger partial charge in [-0.25, -0.2) is 0 Å². The molecule has 0 bridgehead atoms. The molecule has 11 heteroatoms. The van der Waals surface area contributed by atoms with E-state index in [0.717, 1.165) is 0 Å². The first-order valence-electron chi connectivity index (χ1n) is 8.78. The molecule has 0 unspecified atom stereocenters. The zero-order valence-corrected chi connectivity index (χ0v) is 20.0. The minimum Gasteiger partial charge on any atom is -0.323 e. The Morgan fingerprint density at radius 1 is 0.769 bits per heavy atom. The van der Waals surface area contributed by atoms with Gasteiger partial charge in [-0.05, 0) is 36.3 Å². The van der Waals surface area contributed by atoms with Gasteiger partial charge in [0, 0.05) is 0 Å². The quantitative estimate of drug-likeness (QED) is 0.218. The van der Waals surface area contributed by atoms with Crippen LogP contribution in [-0.4, -0.2) is 41.2 Å². The Morgan fingerprint density at radius 2 is 1.12 bits per heavy atom. The van der Waals surface area contributed by atoms with Crippen molar-refractivity contribution < 1.29 is 28.8 Å². The standard InChI is InChI=1S/C15H39N3O6Si2/c1-14(2,3)25(7,8)23-17-20-11-13(22-16-19)12-21-18-24-26(9,10)15(4,5)6/h13,16-19H,11-12H2,1-10H3. The summed E-state index contributed by atoms with van der Waals surface area (Å²) in [6, 6.07) is 0. The van der Waals surface area contributed by atoms with Gasteiger partial charge >= 0.3 is 0 Å². The molecule has 0 radical (unpaired) electrons. The average molecular weight is 414 g/mol. The van der Waals surface area contributed by atoms with Crippen LogP contribution in [0, 0.1) is 0 Å². The van der Waals surface area contributed by atoms with Gasteiger partial charge in [-0.1, -0.05) is 58.5 Å². The lowest BCUT2D eigenvalue weighted by Crippen LogP contribution is -2.46. The van der Waals surface area contributed by atoms with Crippen molar-refractivity contribution in [3.8, 4) is 0 Å². The molecule has 0 saturated heterocycles. The summed E-state index contributed by atoms with van der Waals surface area (Å²) in [7, 11) is -3.93. The maximum Gasteiger partial charge on any atom is 0.223 e. The van der Waals surface area contributed by atoms with Crippen LogP contribution in [0.4, 0.5) is 0 Å². The van der Waals surface area contributed by atoms with Crippen molar-refractivity contribution in [1.29, 1.82) is 0 Å². The summed E-state index contributed by atoms with van der Waals surface area (Å²) in [6.07, 6.45) is -0.592. The molecule has 26 heavy (non-hydrogen) atoms. The van der Waals surface area contributed by atoms with Gasteiger partial charge in [0.05, 0.1) is 0 Å². The van der Waals surface area contributed by atoms with E-state index in [2.05, 4.69) is 79.0 Å². The number of hydrogen-bond donors (Lipinski definition) is 4. The summed E-state index contributed by atoms with van der Waals surface area (Å²) in [4.78, 5) is 15.5. The minimum atomic E-state index is -1.97. The Labute approximate surface area is 160 Å². The largest absolute Gasteiger partial charge is 0.323 e. The van der Waals surface area contributed by atoms with Crippen LogP contribution in [-0.2, 0) is 23.6 Å². The van der Waals surface area contributed by atoms with E-state index in [1.165, 1.54) is 0 Å². The van der Waals surface area contributed by atoms with Gasteiger partial charge in [-0.2, -0.15) is 0 Å². The van der Waals surface area contributed by atoms with Crippen molar-refractivity contribution in [3.05, 3.63) is 0 Å². The molecule has 0 aliphatic rings. The van der Waals surface area contributed by atoms with Crippen molar-refractivity contribution in [2.45, 2.75) is 83.9 Å². The maximum atomic E-state index is 8.75. The first-order valence-corrected chi connectivity index (χ1v) is 14.6. The monoisotopic (exact) mass is 413 g/mol. The first kappa shape index (κ1) is 26.1. The van der Waals surface area contributed by atoms with Crippen LogP contribution in [0.1, 0.15) is 41.5 Å². The SMILES string of the molecule is CC(C)(C)[Si](C)(C)ONOCC(CONO[Si](C)(C)C(C)(C)C)ONO. The van der Waals surface area contributed by atoms with Gasteiger partial charge in [-0.3, -0.25) is 19.7 Å². The van der Waals surface area contributed by atoms with E-state index in [9.17, 15) is 0 Å². The Hall–Kier alpha value is 0.0738. The van der Waals surface area contributed by atoms with Crippen molar-refractivity contribution in [2.24, 2.45) is 0 Å². The second-order valence-corrected chi connectivity index (χ2v) is 18.8. The van der Waals surface area contributed by atoms with Crippen LogP contribution in [0.2, 0.25) is 36.3 Å². The van der Waals surface area contributed by atoms with Crippen molar-refractivity contribution in [1.82, 2.24) is 16.9 Å². The first-order chi connectivity index (χ1) is 11.6. The molecule has 0 rings (SSSR count). The van der Waals surface area contributed by atoms with Gasteiger partial charge in [0.15, 0.2) is 0 Å². The number of rotatable bonds is 12. The van der Waals surface area contributed by atoms with Crippen LogP contribution in [0.5, 0.6) is 0 Å². The number of nitrogens with one attached hydrogen (secondary N) is 3. The Bertz CT molecular complexity index is 366. The van der Waals surface area contributed by atoms with E-state index in [-0.39, 0.29) is 23.3 Å². The van der Waals surface area contributed by atoms with E-state index in [4.69, 9.17) is 28.8 Å². The van der Waals surface area contributed by atoms with Gasteiger partial charge in [-0.15, -0.1) is 0 Å². The molecule has 0 aromatic heterocycles. The molecule has 0 aromatic carbocycles. The van der Waals surface area contributed by atoms with E-state index < -0.39 is 22.7 Å². The van der Waals surface area contributed by atoms with Crippen LogP contribution < -0.4 is 16.9 Å². The van der Waals surface area contributed by atoms with Crippen molar-refractivity contribution in [3.63, 3.8) is 0 Å². The normalized spacial score (nSPS) is 14.3. The minimum absolute atomic E-state index is 0.0556. The Kier molecular flexibility index (Phi) is 10.6. The molecule has 0 heterocycles. The van der Waals surface area contributed by atoms with Gasteiger partial charge in [0.1, 0.15) is 19.3 Å². The zero-order chi connectivity index (χ0) is 20.6. The van der Waals surface area contributed by atoms with Crippen LogP contribution in [0.3, 0.4) is 0 Å². The molecule has 0 fully saturated rings. The summed E-state index contributed by atoms with van der Waals surface area (Å²) >= 11 is 0. The zero-order valence-electron chi connectivity index (χ0n) is 18.0. The van der Waals surface area contributed by atoms with Crippen molar-refractivity contribution >= 4 is 16.6 Å². The molecule has 0 amide bonds. The summed E-state index contributed by atoms with van der Waals surface area (Å²) < 4.78 is 11.4. The molecule has 158 valence electrons. The maximum absolute atomic E-state index is 8.75. The van der Waals surface area contributed by atoms with E-state index in [1.54, 1.807) is 5.64 Å². The number of hydrogen-bond acceptors (Lipinski definition) is 9.